The second-order valence-electron chi connectivity index (χ2n) is 3.41. The minimum Gasteiger partial charge on any atom is -0.465 e. The van der Waals surface area contributed by atoms with Crippen LogP contribution in [-0.4, -0.2) is 24.6 Å². The van der Waals surface area contributed by atoms with Crippen molar-refractivity contribution in [2.24, 2.45) is 0 Å². The van der Waals surface area contributed by atoms with E-state index in [0.29, 0.717) is 23.2 Å². The third-order valence-corrected chi connectivity index (χ3v) is 2.50. The molecule has 0 fully saturated rings. The molecule has 0 aromatic carbocycles. The van der Waals surface area contributed by atoms with Crippen LogP contribution in [0, 0.1) is 0 Å². The van der Waals surface area contributed by atoms with Gasteiger partial charge in [-0.1, -0.05) is 0 Å². The third kappa shape index (κ3) is 1.60. The average molecular weight is 208 g/mol. The first kappa shape index (κ1) is 9.76. The second-order valence-corrected chi connectivity index (χ2v) is 3.41. The number of hydrogen-bond acceptors (Lipinski definition) is 4. The topological polar surface area (TPSA) is 71.2 Å². The molecule has 2 heterocycles. The van der Waals surface area contributed by atoms with Gasteiger partial charge in [-0.3, -0.25) is 4.79 Å². The van der Waals surface area contributed by atoms with Gasteiger partial charge in [0.15, 0.2) is 0 Å². The summed E-state index contributed by atoms with van der Waals surface area (Å²) in [5.41, 5.74) is 1.53. The van der Waals surface area contributed by atoms with Gasteiger partial charge in [0.1, 0.15) is 0 Å². The maximum Gasteiger partial charge on any atom is 0.341 e. The normalized spacial score (nSPS) is 13.9. The Labute approximate surface area is 86.5 Å². The molecule has 5 nitrogen and oxygen atoms in total. The third-order valence-electron chi connectivity index (χ3n) is 2.50. The van der Waals surface area contributed by atoms with Gasteiger partial charge >= 0.3 is 5.97 Å². The minimum atomic E-state index is -0.433. The van der Waals surface area contributed by atoms with Crippen LogP contribution in [0.15, 0.2) is 11.0 Å². The molecule has 0 unspecified atom stereocenters. The van der Waals surface area contributed by atoms with Crippen molar-refractivity contribution in [3.05, 3.63) is 27.7 Å². The van der Waals surface area contributed by atoms with E-state index in [1.54, 1.807) is 0 Å². The van der Waals surface area contributed by atoms with E-state index < -0.39 is 5.97 Å². The number of carbonyl (C=O) groups is 1. The Morgan fingerprint density at radius 1 is 1.53 bits per heavy atom. The number of aromatic nitrogens is 1. The predicted octanol–water partition coefficient (Wildman–Crippen LogP) is 0.520. The number of pyridine rings is 1. The monoisotopic (exact) mass is 208 g/mol. The molecule has 2 rings (SSSR count). The molecule has 0 spiro atoms. The summed E-state index contributed by atoms with van der Waals surface area (Å²) in [7, 11) is 1.32. The Morgan fingerprint density at radius 3 is 3.07 bits per heavy atom. The fraction of sp³-hybridized carbons (Fsp3) is 0.400. The number of fused-ring (bicyclic) bond motifs is 1. The molecule has 1 aliphatic rings. The van der Waals surface area contributed by atoms with E-state index in [4.69, 9.17) is 0 Å². The quantitative estimate of drug-likeness (QED) is 0.660. The number of hydrogen-bond donors (Lipinski definition) is 2. The Bertz CT molecular complexity index is 450. The Kier molecular flexibility index (Phi) is 2.45. The Morgan fingerprint density at radius 2 is 2.33 bits per heavy atom. The summed E-state index contributed by atoms with van der Waals surface area (Å²) >= 11 is 0. The molecular weight excluding hydrogens is 196 g/mol. The molecule has 1 aliphatic heterocycles. The van der Waals surface area contributed by atoms with E-state index in [9.17, 15) is 9.59 Å². The van der Waals surface area contributed by atoms with E-state index in [2.05, 4.69) is 15.0 Å². The highest BCUT2D eigenvalue weighted by Crippen LogP contribution is 2.22. The zero-order valence-corrected chi connectivity index (χ0v) is 8.42. The first-order valence-electron chi connectivity index (χ1n) is 4.81. The van der Waals surface area contributed by atoms with E-state index in [1.165, 1.54) is 13.3 Å². The number of ether oxygens (including phenoxy) is 1. The van der Waals surface area contributed by atoms with Gasteiger partial charge in [0, 0.05) is 18.3 Å². The van der Waals surface area contributed by atoms with Crippen LogP contribution in [0.4, 0.5) is 5.69 Å². The van der Waals surface area contributed by atoms with Crippen molar-refractivity contribution in [3.8, 4) is 0 Å². The highest BCUT2D eigenvalue weighted by molar-refractivity contribution is 5.96. The van der Waals surface area contributed by atoms with Crippen molar-refractivity contribution in [1.82, 2.24) is 4.98 Å². The van der Waals surface area contributed by atoms with Crippen molar-refractivity contribution < 1.29 is 9.53 Å². The van der Waals surface area contributed by atoms with Crippen molar-refractivity contribution in [2.75, 3.05) is 19.0 Å². The molecule has 0 radical (unpaired) electrons. The summed E-state index contributed by atoms with van der Waals surface area (Å²) in [6.07, 6.45) is 2.99. The van der Waals surface area contributed by atoms with E-state index in [1.807, 2.05) is 0 Å². The SMILES string of the molecule is COC(=O)c1c[nH]c(=O)c2c1NCCC2. The van der Waals surface area contributed by atoms with Gasteiger partial charge in [-0.05, 0) is 12.8 Å². The van der Waals surface area contributed by atoms with Crippen LogP contribution in [0.1, 0.15) is 22.3 Å². The Hall–Kier alpha value is -1.78. The van der Waals surface area contributed by atoms with Crippen LogP contribution in [0.5, 0.6) is 0 Å². The van der Waals surface area contributed by atoms with Crippen molar-refractivity contribution in [1.29, 1.82) is 0 Å². The fourth-order valence-electron chi connectivity index (χ4n) is 1.76. The average Bonchev–Trinajstić information content (AvgIpc) is 2.29. The number of anilines is 1. The molecule has 0 amide bonds. The number of carbonyl (C=O) groups excluding carboxylic acids is 1. The molecule has 0 saturated heterocycles. The lowest BCUT2D eigenvalue weighted by atomic mass is 10.0. The molecule has 1 aromatic rings. The molecule has 2 N–H and O–H groups in total. The first-order chi connectivity index (χ1) is 7.24. The van der Waals surface area contributed by atoms with E-state index in [-0.39, 0.29) is 5.56 Å². The smallest absolute Gasteiger partial charge is 0.341 e. The fourth-order valence-corrected chi connectivity index (χ4v) is 1.76. The van der Waals surface area contributed by atoms with Gasteiger partial charge in [0.25, 0.3) is 5.56 Å². The maximum atomic E-state index is 11.5. The highest BCUT2D eigenvalue weighted by Gasteiger charge is 2.20. The van der Waals surface area contributed by atoms with Gasteiger partial charge in [-0.25, -0.2) is 4.79 Å². The highest BCUT2D eigenvalue weighted by atomic mass is 16.5. The zero-order valence-electron chi connectivity index (χ0n) is 8.42. The number of rotatable bonds is 1. The summed E-state index contributed by atoms with van der Waals surface area (Å²) in [4.78, 5) is 25.4. The number of methoxy groups -OCH3 is 1. The number of esters is 1. The predicted molar refractivity (Wildman–Crippen MR) is 55.2 cm³/mol. The first-order valence-corrected chi connectivity index (χ1v) is 4.81. The van der Waals surface area contributed by atoms with Crippen LogP contribution in [0.2, 0.25) is 0 Å². The Balaban J connectivity index is 2.57. The van der Waals surface area contributed by atoms with Gasteiger partial charge in [0.05, 0.1) is 18.4 Å². The largest absolute Gasteiger partial charge is 0.465 e. The van der Waals surface area contributed by atoms with E-state index in [0.717, 1.165) is 13.0 Å². The molecular formula is C10H12N2O3. The van der Waals surface area contributed by atoms with Gasteiger partial charge in [-0.2, -0.15) is 0 Å². The lowest BCUT2D eigenvalue weighted by molar-refractivity contribution is 0.0601. The summed E-state index contributed by atoms with van der Waals surface area (Å²) in [5.74, 6) is -0.433. The van der Waals surface area contributed by atoms with Crippen molar-refractivity contribution >= 4 is 11.7 Å². The van der Waals surface area contributed by atoms with Crippen LogP contribution in [0.25, 0.3) is 0 Å². The van der Waals surface area contributed by atoms with Crippen LogP contribution < -0.4 is 10.9 Å². The zero-order chi connectivity index (χ0) is 10.8. The molecule has 15 heavy (non-hydrogen) atoms. The number of aromatic amines is 1. The molecule has 0 saturated carbocycles. The van der Waals surface area contributed by atoms with Crippen LogP contribution in [-0.2, 0) is 11.2 Å². The maximum absolute atomic E-state index is 11.5. The van der Waals surface area contributed by atoms with Crippen molar-refractivity contribution in [3.63, 3.8) is 0 Å². The second kappa shape index (κ2) is 3.76. The lowest BCUT2D eigenvalue weighted by Crippen LogP contribution is -2.24. The minimum absolute atomic E-state index is 0.134. The summed E-state index contributed by atoms with van der Waals surface area (Å²) in [6.45, 7) is 0.778. The summed E-state index contributed by atoms with van der Waals surface area (Å²) in [5, 5.41) is 3.07. The molecule has 80 valence electrons. The standard InChI is InChI=1S/C10H12N2O3/c1-15-10(14)7-5-12-9(13)6-3-2-4-11-8(6)7/h5,11H,2-4H2,1H3,(H,12,13). The molecule has 0 bridgehead atoms. The van der Waals surface area contributed by atoms with Gasteiger partial charge in [0.2, 0.25) is 0 Å². The molecule has 0 aliphatic carbocycles. The molecule has 0 atom stereocenters. The molecule has 5 heteroatoms. The lowest BCUT2D eigenvalue weighted by Gasteiger charge is -2.18. The van der Waals surface area contributed by atoms with Gasteiger partial charge < -0.3 is 15.0 Å². The summed E-state index contributed by atoms with van der Waals surface area (Å²) < 4.78 is 4.64. The van der Waals surface area contributed by atoms with Gasteiger partial charge in [-0.15, -0.1) is 0 Å². The van der Waals surface area contributed by atoms with Crippen LogP contribution >= 0.6 is 0 Å². The summed E-state index contributed by atoms with van der Waals surface area (Å²) in [6, 6.07) is 0. The van der Waals surface area contributed by atoms with E-state index >= 15 is 0 Å². The van der Waals surface area contributed by atoms with Crippen LogP contribution in [0.3, 0.4) is 0 Å². The molecule has 1 aromatic heterocycles. The number of H-pyrrole nitrogens is 1. The van der Waals surface area contributed by atoms with Crippen molar-refractivity contribution in [2.45, 2.75) is 12.8 Å². The number of nitrogens with one attached hydrogen (secondary N) is 2.